The molecule has 0 bridgehead atoms. The number of carbonyl (C=O) groups excluding carboxylic acids is 1. The molecule has 174 valence electrons. The third-order valence-electron chi connectivity index (χ3n) is 5.10. The van der Waals surface area contributed by atoms with Crippen LogP contribution >= 0.6 is 7.29 Å². The summed E-state index contributed by atoms with van der Waals surface area (Å²) in [7, 11) is -3.19. The number of ether oxygens (including phenoxy) is 2. The van der Waals surface area contributed by atoms with E-state index < -0.39 is 13.3 Å². The summed E-state index contributed by atoms with van der Waals surface area (Å²) in [6.45, 7) is 1.87. The Morgan fingerprint density at radius 2 is 1.49 bits per heavy atom. The Morgan fingerprint density at radius 3 is 1.97 bits per heavy atom. The number of nitriles is 1. The summed E-state index contributed by atoms with van der Waals surface area (Å²) in [5.74, 6) is 3.60. The Kier molecular flexibility index (Phi) is 7.30. The molecule has 0 atom stereocenters. The minimum absolute atomic E-state index is 0.0874. The minimum Gasteiger partial charge on any atom is -0.462 e. The van der Waals surface area contributed by atoms with Gasteiger partial charge in [0.1, 0.15) is 23.2 Å². The molecule has 0 aromatic heterocycles. The molecule has 0 spiro atoms. The molecule has 7 heteroatoms. The van der Waals surface area contributed by atoms with Crippen molar-refractivity contribution in [1.29, 1.82) is 5.26 Å². The first-order chi connectivity index (χ1) is 17.0. The lowest BCUT2D eigenvalue weighted by molar-refractivity contribution is -0.137. The van der Waals surface area contributed by atoms with Crippen molar-refractivity contribution in [1.82, 2.24) is 0 Å². The van der Waals surface area contributed by atoms with Gasteiger partial charge in [-0.05, 0) is 30.7 Å². The summed E-state index contributed by atoms with van der Waals surface area (Å²) in [5.41, 5.74) is 2.82. The number of carbonyl (C=O) groups is 1. The summed E-state index contributed by atoms with van der Waals surface area (Å²) < 4.78 is 25.0. The zero-order chi connectivity index (χ0) is 24.7. The highest BCUT2D eigenvalue weighted by Crippen LogP contribution is 2.56. The fraction of sp³-hybridized carbons (Fsp3) is 0.0714. The highest BCUT2D eigenvalue weighted by atomic mass is 31.2. The normalized spacial score (nSPS) is 14.6. The van der Waals surface area contributed by atoms with Crippen LogP contribution in [0.4, 0.5) is 5.69 Å². The van der Waals surface area contributed by atoms with Crippen LogP contribution in [0.1, 0.15) is 23.6 Å². The first kappa shape index (κ1) is 23.8. The van der Waals surface area contributed by atoms with Crippen molar-refractivity contribution in [2.75, 3.05) is 11.7 Å². The molecule has 0 aliphatic carbocycles. The van der Waals surface area contributed by atoms with Gasteiger partial charge in [0, 0.05) is 28.4 Å². The number of benzene rings is 3. The maximum absolute atomic E-state index is 14.0. The van der Waals surface area contributed by atoms with Gasteiger partial charge < -0.3 is 14.6 Å². The summed E-state index contributed by atoms with van der Waals surface area (Å²) >= 11 is 0. The van der Waals surface area contributed by atoms with Crippen molar-refractivity contribution in [3.05, 3.63) is 119 Å². The molecule has 1 aliphatic rings. The van der Waals surface area contributed by atoms with Crippen LogP contribution in [0.25, 0.3) is 17.6 Å². The average molecular weight is 482 g/mol. The third-order valence-corrected chi connectivity index (χ3v) is 6.94. The Morgan fingerprint density at radius 1 is 0.943 bits per heavy atom. The molecule has 35 heavy (non-hydrogen) atoms. The molecular formula is C28H23N2O4P. The van der Waals surface area contributed by atoms with Crippen LogP contribution in [0.2, 0.25) is 0 Å². The van der Waals surface area contributed by atoms with E-state index in [1.54, 1.807) is 42.8 Å². The summed E-state index contributed by atoms with van der Waals surface area (Å²) in [4.78, 5) is 11.9. The molecule has 6 nitrogen and oxygen atoms in total. The van der Waals surface area contributed by atoms with Crippen LogP contribution in [-0.2, 0) is 18.8 Å². The molecule has 0 fully saturated rings. The number of hydrogen-bond acceptors (Lipinski definition) is 5. The summed E-state index contributed by atoms with van der Waals surface area (Å²) in [6.07, 6.45) is 1.46. The number of rotatable bonds is 7. The standard InChI is InChI=1S/C28H23N2O4P/c1-2-33-28(31)24(18-29)17-21-13-15-25(16-14-21)30-35(32)19-26(22-9-5-3-6-10-22)34-27(20-35)23-11-7-4-8-12-23/h3-17,19-20H,2H2,1H3,(H,30,32)/b24-17+. The topological polar surface area (TPSA) is 88.4 Å². The van der Waals surface area contributed by atoms with Gasteiger partial charge in [0.25, 0.3) is 0 Å². The van der Waals surface area contributed by atoms with Crippen molar-refractivity contribution >= 4 is 36.5 Å². The van der Waals surface area contributed by atoms with E-state index >= 15 is 0 Å². The van der Waals surface area contributed by atoms with E-state index in [0.717, 1.165) is 11.1 Å². The van der Waals surface area contributed by atoms with Crippen LogP contribution in [0.3, 0.4) is 0 Å². The SMILES string of the molecule is CCOC(=O)/C(C#N)=C/c1ccc(NP2(=O)C=C(c3ccccc3)OC(c3ccccc3)=C2)cc1. The molecule has 1 heterocycles. The van der Waals surface area contributed by atoms with E-state index in [1.807, 2.05) is 66.7 Å². The number of anilines is 1. The fourth-order valence-corrected chi connectivity index (χ4v) is 5.32. The molecule has 1 aliphatic heterocycles. The molecular weight excluding hydrogens is 459 g/mol. The number of esters is 1. The van der Waals surface area contributed by atoms with Gasteiger partial charge in [-0.3, -0.25) is 4.57 Å². The molecule has 0 saturated heterocycles. The molecule has 0 radical (unpaired) electrons. The second-order valence-corrected chi connectivity index (χ2v) is 9.81. The number of nitrogens with one attached hydrogen (secondary N) is 1. The maximum Gasteiger partial charge on any atom is 0.348 e. The molecule has 0 saturated carbocycles. The molecule has 0 unspecified atom stereocenters. The van der Waals surface area contributed by atoms with Crippen LogP contribution in [0.15, 0.2) is 102 Å². The quantitative estimate of drug-likeness (QED) is 0.171. The zero-order valence-corrected chi connectivity index (χ0v) is 19.9. The van der Waals surface area contributed by atoms with Crippen molar-refractivity contribution in [2.24, 2.45) is 0 Å². The smallest absolute Gasteiger partial charge is 0.348 e. The van der Waals surface area contributed by atoms with Crippen molar-refractivity contribution in [3.63, 3.8) is 0 Å². The van der Waals surface area contributed by atoms with Crippen LogP contribution in [0, 0.1) is 11.3 Å². The molecule has 3 aromatic carbocycles. The van der Waals surface area contributed by atoms with E-state index in [0.29, 0.717) is 22.8 Å². The maximum atomic E-state index is 14.0. The molecule has 0 amide bonds. The van der Waals surface area contributed by atoms with E-state index in [9.17, 15) is 14.6 Å². The third kappa shape index (κ3) is 5.97. The van der Waals surface area contributed by atoms with Gasteiger partial charge >= 0.3 is 5.97 Å². The van der Waals surface area contributed by atoms with E-state index in [1.165, 1.54) is 6.08 Å². The first-order valence-corrected chi connectivity index (χ1v) is 12.9. The van der Waals surface area contributed by atoms with Gasteiger partial charge in [-0.2, -0.15) is 5.26 Å². The van der Waals surface area contributed by atoms with Crippen LogP contribution < -0.4 is 5.09 Å². The van der Waals surface area contributed by atoms with Crippen molar-refractivity contribution in [3.8, 4) is 6.07 Å². The van der Waals surface area contributed by atoms with Gasteiger partial charge in [-0.15, -0.1) is 0 Å². The first-order valence-electron chi connectivity index (χ1n) is 11.0. The van der Waals surface area contributed by atoms with Crippen molar-refractivity contribution in [2.45, 2.75) is 6.92 Å². The average Bonchev–Trinajstić information content (AvgIpc) is 2.89. The van der Waals surface area contributed by atoms with Crippen molar-refractivity contribution < 1.29 is 18.8 Å². The summed E-state index contributed by atoms with van der Waals surface area (Å²) in [5, 5.41) is 12.4. The zero-order valence-electron chi connectivity index (χ0n) is 19.0. The van der Waals surface area contributed by atoms with E-state index in [2.05, 4.69) is 5.09 Å². The van der Waals surface area contributed by atoms with Gasteiger partial charge in [0.2, 0.25) is 7.29 Å². The Hall–Kier alpha value is -4.33. The predicted molar refractivity (Wildman–Crippen MR) is 138 cm³/mol. The second-order valence-electron chi connectivity index (χ2n) is 7.65. The molecule has 1 N–H and O–H groups in total. The summed E-state index contributed by atoms with van der Waals surface area (Å²) in [6, 6.07) is 27.8. The van der Waals surface area contributed by atoms with E-state index in [-0.39, 0.29) is 12.2 Å². The Labute approximate surface area is 204 Å². The highest BCUT2D eigenvalue weighted by Gasteiger charge is 2.27. The second kappa shape index (κ2) is 10.7. The van der Waals surface area contributed by atoms with Gasteiger partial charge in [-0.25, -0.2) is 4.79 Å². The van der Waals surface area contributed by atoms with Gasteiger partial charge in [0.05, 0.1) is 6.61 Å². The largest absolute Gasteiger partial charge is 0.462 e. The Balaban J connectivity index is 1.64. The number of nitrogens with zero attached hydrogens (tertiary/aromatic N) is 1. The lowest BCUT2D eigenvalue weighted by Gasteiger charge is -2.24. The lowest BCUT2D eigenvalue weighted by atomic mass is 10.1. The highest BCUT2D eigenvalue weighted by molar-refractivity contribution is 7.72. The molecule has 4 rings (SSSR count). The van der Waals surface area contributed by atoms with Crippen LogP contribution in [-0.4, -0.2) is 12.6 Å². The monoisotopic (exact) mass is 482 g/mol. The van der Waals surface area contributed by atoms with E-state index in [4.69, 9.17) is 9.47 Å². The van der Waals surface area contributed by atoms with Gasteiger partial charge in [-0.1, -0.05) is 72.8 Å². The fourth-order valence-electron chi connectivity index (χ4n) is 3.46. The van der Waals surface area contributed by atoms with Gasteiger partial charge in [0.15, 0.2) is 0 Å². The lowest BCUT2D eigenvalue weighted by Crippen LogP contribution is -2.06. The predicted octanol–water partition coefficient (Wildman–Crippen LogP) is 6.87. The Bertz CT molecular complexity index is 1330. The van der Waals surface area contributed by atoms with Crippen LogP contribution in [0.5, 0.6) is 0 Å². The number of hydrogen-bond donors (Lipinski definition) is 1. The minimum atomic E-state index is -3.19. The molecule has 3 aromatic rings.